The zero-order valence-corrected chi connectivity index (χ0v) is 18.6. The molecule has 0 radical (unpaired) electrons. The van der Waals surface area contributed by atoms with Gasteiger partial charge in [0.2, 0.25) is 0 Å². The average Bonchev–Trinajstić information content (AvgIpc) is 3.19. The summed E-state index contributed by atoms with van der Waals surface area (Å²) in [6, 6.07) is 25.4. The second-order valence-corrected chi connectivity index (χ2v) is 12.3. The summed E-state index contributed by atoms with van der Waals surface area (Å²) in [4.78, 5) is 0. The van der Waals surface area contributed by atoms with Crippen LogP contribution in [0.25, 0.3) is 0 Å². The van der Waals surface area contributed by atoms with E-state index in [4.69, 9.17) is 8.84 Å². The van der Waals surface area contributed by atoms with E-state index in [1.165, 1.54) is 10.4 Å². The Morgan fingerprint density at radius 2 is 1.43 bits per heavy atom. The number of rotatable bonds is 8. The minimum absolute atomic E-state index is 0. The first kappa shape index (κ1) is 22.8. The maximum atomic E-state index is 6.89. The van der Waals surface area contributed by atoms with Crippen molar-refractivity contribution in [2.75, 3.05) is 6.61 Å². The number of aryl methyl sites for hydroxylation is 1. The first-order valence-corrected chi connectivity index (χ1v) is 11.6. The quantitative estimate of drug-likeness (QED) is 0.337. The van der Waals surface area contributed by atoms with Gasteiger partial charge in [0.1, 0.15) is 0 Å². The van der Waals surface area contributed by atoms with E-state index < -0.39 is 8.32 Å². The van der Waals surface area contributed by atoms with Gasteiger partial charge in [0.05, 0.1) is 0 Å². The maximum absolute atomic E-state index is 6.89. The van der Waals surface area contributed by atoms with Gasteiger partial charge in [-0.1, -0.05) is 100 Å². The fraction of sp³-hybridized carbons (Fsp3) is 0.333. The van der Waals surface area contributed by atoms with E-state index >= 15 is 0 Å². The number of hydrogen-bond donors (Lipinski definition) is 0. The van der Waals surface area contributed by atoms with Crippen LogP contribution >= 0.6 is 0 Å². The standard InChI is InChI=1S/C24H29O2Si.Li/c1-24(2,3)27(22-15-6-4-7-16-22,23-17-8-5-9-18-23)26-20-11-10-13-21-14-12-19-25-21;/h4-9,12,14-18H,10-11,13,20H2,1-3H3;/q-1;+1. The van der Waals surface area contributed by atoms with Crippen molar-refractivity contribution >= 4 is 18.7 Å². The molecule has 142 valence electrons. The molecule has 0 amide bonds. The van der Waals surface area contributed by atoms with Crippen molar-refractivity contribution < 1.29 is 27.7 Å². The maximum Gasteiger partial charge on any atom is 1.00 e. The Morgan fingerprint density at radius 1 is 0.857 bits per heavy atom. The van der Waals surface area contributed by atoms with Crippen LogP contribution in [0.4, 0.5) is 0 Å². The van der Waals surface area contributed by atoms with Gasteiger partial charge >= 0.3 is 18.9 Å². The first-order valence-electron chi connectivity index (χ1n) is 9.74. The van der Waals surface area contributed by atoms with E-state index in [9.17, 15) is 0 Å². The Hall–Kier alpha value is -1.51. The molecule has 0 bridgehead atoms. The molecular formula is C24H29LiO2Si. The number of unbranched alkanes of at least 4 members (excludes halogenated alkanes) is 1. The van der Waals surface area contributed by atoms with Crippen LogP contribution in [0.5, 0.6) is 0 Å². The summed E-state index contributed by atoms with van der Waals surface area (Å²) in [5.74, 6) is 1.00. The van der Waals surface area contributed by atoms with Crippen LogP contribution < -0.4 is 29.2 Å². The van der Waals surface area contributed by atoms with Crippen LogP contribution in [-0.4, -0.2) is 14.9 Å². The summed E-state index contributed by atoms with van der Waals surface area (Å²) in [5, 5.41) is 2.71. The van der Waals surface area contributed by atoms with E-state index in [0.717, 1.165) is 31.6 Å². The van der Waals surface area contributed by atoms with Gasteiger partial charge in [0, 0.05) is 6.61 Å². The van der Waals surface area contributed by atoms with Gasteiger partial charge < -0.3 is 8.84 Å². The predicted octanol–water partition coefficient (Wildman–Crippen LogP) is 1.98. The Kier molecular flexibility index (Phi) is 8.40. The third-order valence-corrected chi connectivity index (χ3v) is 10.1. The van der Waals surface area contributed by atoms with Crippen molar-refractivity contribution in [2.45, 2.75) is 45.1 Å². The van der Waals surface area contributed by atoms with Crippen LogP contribution in [0, 0.1) is 6.26 Å². The molecule has 0 spiro atoms. The Balaban J connectivity index is 0.00000280. The van der Waals surface area contributed by atoms with Crippen molar-refractivity contribution in [3.8, 4) is 0 Å². The number of benzene rings is 2. The van der Waals surface area contributed by atoms with Crippen molar-refractivity contribution in [1.29, 1.82) is 0 Å². The molecule has 1 aromatic heterocycles. The first-order chi connectivity index (χ1) is 13.0. The van der Waals surface area contributed by atoms with E-state index in [0.29, 0.717) is 0 Å². The van der Waals surface area contributed by atoms with Gasteiger partial charge in [-0.2, -0.15) is 6.07 Å². The van der Waals surface area contributed by atoms with Crippen molar-refractivity contribution in [3.05, 3.63) is 84.8 Å². The molecule has 1 heterocycles. The molecule has 0 fully saturated rings. The molecule has 3 aromatic rings. The Bertz CT molecular complexity index is 756. The summed E-state index contributed by atoms with van der Waals surface area (Å²) >= 11 is 0. The number of furan rings is 1. The predicted molar refractivity (Wildman–Crippen MR) is 114 cm³/mol. The van der Waals surface area contributed by atoms with Crippen LogP contribution in [0.3, 0.4) is 0 Å². The second-order valence-electron chi connectivity index (χ2n) is 7.99. The molecule has 0 aliphatic carbocycles. The third kappa shape index (κ3) is 5.10. The van der Waals surface area contributed by atoms with E-state index in [2.05, 4.69) is 87.7 Å². The zero-order valence-electron chi connectivity index (χ0n) is 17.6. The van der Waals surface area contributed by atoms with E-state index in [-0.39, 0.29) is 23.9 Å². The normalized spacial score (nSPS) is 11.8. The molecule has 0 aliphatic rings. The molecule has 3 rings (SSSR count). The largest absolute Gasteiger partial charge is 1.00 e. The summed E-state index contributed by atoms with van der Waals surface area (Å²) in [6.07, 6.45) is 5.77. The molecule has 2 nitrogen and oxygen atoms in total. The SMILES string of the molecule is CC(C)(C)[Si](OCCCCc1cc[c-]o1)(c1ccccc1)c1ccccc1.[Li+]. The molecule has 0 saturated heterocycles. The van der Waals surface area contributed by atoms with Gasteiger partial charge in [-0.15, -0.1) is 6.07 Å². The van der Waals surface area contributed by atoms with Gasteiger partial charge in [0.25, 0.3) is 8.32 Å². The minimum Gasteiger partial charge on any atom is -0.596 e. The van der Waals surface area contributed by atoms with Gasteiger partial charge in [-0.3, -0.25) is 0 Å². The van der Waals surface area contributed by atoms with Crippen LogP contribution in [0.1, 0.15) is 39.4 Å². The third-order valence-electron chi connectivity index (χ3n) is 5.08. The van der Waals surface area contributed by atoms with Crippen LogP contribution in [0.15, 0.2) is 77.2 Å². The summed E-state index contributed by atoms with van der Waals surface area (Å²) in [5.41, 5.74) is 0. The van der Waals surface area contributed by atoms with Gasteiger partial charge in [0.15, 0.2) is 0 Å². The minimum atomic E-state index is -2.40. The fourth-order valence-corrected chi connectivity index (χ4v) is 8.40. The topological polar surface area (TPSA) is 22.4 Å². The molecule has 0 unspecified atom stereocenters. The molecule has 28 heavy (non-hydrogen) atoms. The van der Waals surface area contributed by atoms with Crippen molar-refractivity contribution in [3.63, 3.8) is 0 Å². The molecule has 2 aromatic carbocycles. The van der Waals surface area contributed by atoms with Crippen LogP contribution in [0.2, 0.25) is 5.04 Å². The van der Waals surface area contributed by atoms with E-state index in [1.807, 2.05) is 12.1 Å². The molecule has 0 saturated carbocycles. The van der Waals surface area contributed by atoms with Crippen molar-refractivity contribution in [2.24, 2.45) is 0 Å². The monoisotopic (exact) mass is 384 g/mol. The Labute approximate surface area is 182 Å². The fourth-order valence-electron chi connectivity index (χ4n) is 3.79. The van der Waals surface area contributed by atoms with E-state index in [1.54, 1.807) is 0 Å². The second kappa shape index (κ2) is 10.3. The molecule has 4 heteroatoms. The Morgan fingerprint density at radius 3 is 1.89 bits per heavy atom. The molecular weight excluding hydrogens is 355 g/mol. The molecule has 0 aliphatic heterocycles. The van der Waals surface area contributed by atoms with Gasteiger partial charge in [-0.25, -0.2) is 0 Å². The smallest absolute Gasteiger partial charge is 0.596 e. The average molecular weight is 385 g/mol. The summed E-state index contributed by atoms with van der Waals surface area (Å²) < 4.78 is 12.2. The summed E-state index contributed by atoms with van der Waals surface area (Å²) in [6.45, 7) is 7.71. The molecule has 0 N–H and O–H groups in total. The van der Waals surface area contributed by atoms with Crippen LogP contribution in [-0.2, 0) is 10.8 Å². The summed E-state index contributed by atoms with van der Waals surface area (Å²) in [7, 11) is -2.40. The van der Waals surface area contributed by atoms with Gasteiger partial charge in [-0.05, 0) is 28.1 Å². The van der Waals surface area contributed by atoms with Crippen molar-refractivity contribution in [1.82, 2.24) is 0 Å². The zero-order chi connectivity index (χ0) is 19.2. The molecule has 0 atom stereocenters. The number of hydrogen-bond acceptors (Lipinski definition) is 2.